The van der Waals surface area contributed by atoms with Gasteiger partial charge in [-0.15, -0.1) is 11.3 Å². The van der Waals surface area contributed by atoms with Crippen molar-refractivity contribution in [2.75, 3.05) is 6.61 Å². The van der Waals surface area contributed by atoms with Gasteiger partial charge in [-0.25, -0.2) is 4.98 Å². The number of aryl methyl sites for hydroxylation is 1. The number of aliphatic hydroxyl groups excluding tert-OH is 1. The van der Waals surface area contributed by atoms with Gasteiger partial charge in [0.05, 0.1) is 23.1 Å². The van der Waals surface area contributed by atoms with Gasteiger partial charge in [0.1, 0.15) is 6.61 Å². The van der Waals surface area contributed by atoms with Gasteiger partial charge >= 0.3 is 0 Å². The number of ether oxygens (including phenoxy) is 2. The van der Waals surface area contributed by atoms with Crippen molar-refractivity contribution in [3.05, 3.63) is 39.8 Å². The summed E-state index contributed by atoms with van der Waals surface area (Å²) in [6.07, 6.45) is 1.82. The van der Waals surface area contributed by atoms with E-state index in [1.165, 1.54) is 0 Å². The quantitative estimate of drug-likeness (QED) is 0.883. The lowest BCUT2D eigenvalue weighted by atomic mass is 10.2. The number of rotatable bonds is 6. The Morgan fingerprint density at radius 3 is 2.74 bits per heavy atom. The number of thiazole rings is 1. The Morgan fingerprint density at radius 1 is 1.26 bits per heavy atom. The van der Waals surface area contributed by atoms with Crippen molar-refractivity contribution in [3.8, 4) is 11.5 Å². The van der Waals surface area contributed by atoms with Crippen molar-refractivity contribution >= 4 is 11.3 Å². The van der Waals surface area contributed by atoms with Gasteiger partial charge in [-0.2, -0.15) is 0 Å². The van der Waals surface area contributed by atoms with Gasteiger partial charge in [-0.1, -0.05) is 6.07 Å². The highest BCUT2D eigenvalue weighted by Crippen LogP contribution is 2.29. The zero-order valence-electron chi connectivity index (χ0n) is 11.0. The summed E-state index contributed by atoms with van der Waals surface area (Å²) in [6, 6.07) is 5.46. The lowest BCUT2D eigenvalue weighted by Gasteiger charge is -2.12. The van der Waals surface area contributed by atoms with Crippen molar-refractivity contribution in [2.24, 2.45) is 0 Å². The predicted molar refractivity (Wildman–Crippen MR) is 74.7 cm³/mol. The topological polar surface area (TPSA) is 51.6 Å². The zero-order chi connectivity index (χ0) is 13.7. The Kier molecular flexibility index (Phi) is 4.76. The molecule has 0 atom stereocenters. The van der Waals surface area contributed by atoms with Crippen LogP contribution in [0.15, 0.2) is 24.4 Å². The lowest BCUT2D eigenvalue weighted by molar-refractivity contribution is 0.265. The number of hydrogen-bond acceptors (Lipinski definition) is 5. The molecule has 0 unspecified atom stereocenters. The highest BCUT2D eigenvalue weighted by Gasteiger charge is 2.07. The molecule has 0 spiro atoms. The third-order valence-corrected chi connectivity index (χ3v) is 3.42. The molecule has 4 nitrogen and oxygen atoms in total. The van der Waals surface area contributed by atoms with E-state index < -0.39 is 0 Å². The molecule has 0 aliphatic heterocycles. The van der Waals surface area contributed by atoms with Gasteiger partial charge in [0.2, 0.25) is 0 Å². The summed E-state index contributed by atoms with van der Waals surface area (Å²) in [4.78, 5) is 5.26. The Bertz CT molecular complexity index is 539. The van der Waals surface area contributed by atoms with Crippen LogP contribution in [0.3, 0.4) is 0 Å². The Balaban J connectivity index is 2.10. The van der Waals surface area contributed by atoms with Crippen LogP contribution in [-0.4, -0.2) is 16.7 Å². The molecule has 2 aromatic rings. The second kappa shape index (κ2) is 6.54. The fourth-order valence-corrected chi connectivity index (χ4v) is 2.37. The molecule has 0 bridgehead atoms. The second-order valence-corrected chi connectivity index (χ2v) is 5.33. The zero-order valence-corrected chi connectivity index (χ0v) is 11.9. The molecule has 0 aliphatic carbocycles. The molecule has 1 heterocycles. The molecular weight excluding hydrogens is 262 g/mol. The molecule has 0 radical (unpaired) electrons. The van der Waals surface area contributed by atoms with Crippen LogP contribution in [0.2, 0.25) is 0 Å². The van der Waals surface area contributed by atoms with Crippen molar-refractivity contribution < 1.29 is 14.6 Å². The van der Waals surface area contributed by atoms with Gasteiger partial charge < -0.3 is 14.6 Å². The van der Waals surface area contributed by atoms with E-state index in [0.717, 1.165) is 15.4 Å². The van der Waals surface area contributed by atoms with Gasteiger partial charge in [0.25, 0.3) is 0 Å². The SMILES string of the molecule is CCOc1cc(CO)ccc1OCc1cnc(C)s1. The molecule has 0 aliphatic rings. The minimum absolute atomic E-state index is 0.00556. The van der Waals surface area contributed by atoms with E-state index in [1.54, 1.807) is 17.4 Å². The van der Waals surface area contributed by atoms with Crippen molar-refractivity contribution in [2.45, 2.75) is 27.1 Å². The maximum atomic E-state index is 9.13. The van der Waals surface area contributed by atoms with Crippen molar-refractivity contribution in [1.29, 1.82) is 0 Å². The minimum Gasteiger partial charge on any atom is -0.490 e. The van der Waals surface area contributed by atoms with E-state index in [9.17, 15) is 0 Å². The first kappa shape index (κ1) is 13.8. The molecule has 1 aromatic heterocycles. The molecule has 19 heavy (non-hydrogen) atoms. The van der Waals surface area contributed by atoms with E-state index in [1.807, 2.05) is 32.2 Å². The fraction of sp³-hybridized carbons (Fsp3) is 0.357. The van der Waals surface area contributed by atoms with Crippen LogP contribution in [0.4, 0.5) is 0 Å². The van der Waals surface area contributed by atoms with Gasteiger partial charge in [-0.3, -0.25) is 0 Å². The van der Waals surface area contributed by atoms with E-state index in [2.05, 4.69) is 4.98 Å². The number of nitrogens with zero attached hydrogens (tertiary/aromatic N) is 1. The van der Waals surface area contributed by atoms with Crippen LogP contribution >= 0.6 is 11.3 Å². The maximum absolute atomic E-state index is 9.13. The first-order chi connectivity index (χ1) is 9.22. The third kappa shape index (κ3) is 3.68. The normalized spacial score (nSPS) is 10.5. The molecule has 5 heteroatoms. The summed E-state index contributed by atoms with van der Waals surface area (Å²) < 4.78 is 11.3. The number of aliphatic hydroxyl groups is 1. The first-order valence-corrected chi connectivity index (χ1v) is 6.95. The van der Waals surface area contributed by atoms with Crippen LogP contribution < -0.4 is 9.47 Å². The highest BCUT2D eigenvalue weighted by atomic mass is 32.1. The lowest BCUT2D eigenvalue weighted by Crippen LogP contribution is -1.99. The molecule has 2 rings (SSSR count). The largest absolute Gasteiger partial charge is 0.490 e. The molecule has 0 amide bonds. The van der Waals surface area contributed by atoms with Crippen molar-refractivity contribution in [3.63, 3.8) is 0 Å². The molecule has 0 fully saturated rings. The molecule has 102 valence electrons. The molecule has 0 saturated carbocycles. The average molecular weight is 279 g/mol. The minimum atomic E-state index is -0.00556. The average Bonchev–Trinajstić information content (AvgIpc) is 2.83. The van der Waals surface area contributed by atoms with Gasteiger partial charge in [0, 0.05) is 6.20 Å². The molecule has 1 N–H and O–H groups in total. The summed E-state index contributed by atoms with van der Waals surface area (Å²) in [5, 5.41) is 10.2. The van der Waals surface area contributed by atoms with Gasteiger partial charge in [-0.05, 0) is 31.5 Å². The third-order valence-electron chi connectivity index (χ3n) is 2.53. The van der Waals surface area contributed by atoms with Crippen LogP contribution in [0.1, 0.15) is 22.4 Å². The van der Waals surface area contributed by atoms with E-state index in [4.69, 9.17) is 14.6 Å². The predicted octanol–water partition coefficient (Wildman–Crippen LogP) is 2.92. The Labute approximate surface area is 116 Å². The van der Waals surface area contributed by atoms with Crippen molar-refractivity contribution in [1.82, 2.24) is 4.98 Å². The van der Waals surface area contributed by atoms with Crippen LogP contribution in [-0.2, 0) is 13.2 Å². The Morgan fingerprint density at radius 2 is 2.11 bits per heavy atom. The maximum Gasteiger partial charge on any atom is 0.161 e. The van der Waals surface area contributed by atoms with E-state index in [-0.39, 0.29) is 6.61 Å². The van der Waals surface area contributed by atoms with Gasteiger partial charge in [0.15, 0.2) is 11.5 Å². The fourth-order valence-electron chi connectivity index (χ4n) is 1.66. The molecule has 1 aromatic carbocycles. The van der Waals surface area contributed by atoms with Crippen LogP contribution in [0, 0.1) is 6.92 Å². The summed E-state index contributed by atoms with van der Waals surface area (Å²) in [7, 11) is 0. The smallest absolute Gasteiger partial charge is 0.161 e. The van der Waals surface area contributed by atoms with Crippen LogP contribution in [0.5, 0.6) is 11.5 Å². The second-order valence-electron chi connectivity index (χ2n) is 4.01. The molecule has 0 saturated heterocycles. The van der Waals surface area contributed by atoms with E-state index in [0.29, 0.717) is 24.7 Å². The molecular formula is C14H17NO3S. The number of hydrogen-bond donors (Lipinski definition) is 1. The summed E-state index contributed by atoms with van der Waals surface area (Å²) >= 11 is 1.62. The first-order valence-electron chi connectivity index (χ1n) is 6.13. The number of benzene rings is 1. The Hall–Kier alpha value is -1.59. The highest BCUT2D eigenvalue weighted by molar-refractivity contribution is 7.11. The summed E-state index contributed by atoms with van der Waals surface area (Å²) in [5.74, 6) is 1.35. The van der Waals surface area contributed by atoms with E-state index >= 15 is 0 Å². The summed E-state index contributed by atoms with van der Waals surface area (Å²) in [6.45, 7) is 4.92. The summed E-state index contributed by atoms with van der Waals surface area (Å²) in [5.41, 5.74) is 0.810. The number of aromatic nitrogens is 1. The monoisotopic (exact) mass is 279 g/mol. The van der Waals surface area contributed by atoms with Crippen LogP contribution in [0.25, 0.3) is 0 Å². The standard InChI is InChI=1S/C14H17NO3S/c1-3-17-14-6-11(8-16)4-5-13(14)18-9-12-7-15-10(2)19-12/h4-7,16H,3,8-9H2,1-2H3.